The van der Waals surface area contributed by atoms with Crippen molar-refractivity contribution in [2.24, 2.45) is 9.17 Å². The molecule has 0 bridgehead atoms. The molecule has 1 atom stereocenters. The van der Waals surface area contributed by atoms with Crippen LogP contribution in [0.2, 0.25) is 18.1 Å². The highest BCUT2D eigenvalue weighted by atomic mass is 32.2. The van der Waals surface area contributed by atoms with Gasteiger partial charge >= 0.3 is 0 Å². The van der Waals surface area contributed by atoms with Gasteiger partial charge in [0.15, 0.2) is 8.24 Å². The second-order valence-electron chi connectivity index (χ2n) is 7.27. The van der Waals surface area contributed by atoms with Crippen LogP contribution in [0.4, 0.5) is 4.39 Å². The van der Waals surface area contributed by atoms with Gasteiger partial charge in [-0.1, -0.05) is 20.8 Å². The summed E-state index contributed by atoms with van der Waals surface area (Å²) in [7, 11) is -5.39. The van der Waals surface area contributed by atoms with Crippen LogP contribution >= 0.6 is 11.3 Å². The molecule has 4 nitrogen and oxygen atoms in total. The van der Waals surface area contributed by atoms with E-state index < -0.39 is 29.6 Å². The molecule has 1 unspecified atom stereocenters. The van der Waals surface area contributed by atoms with Gasteiger partial charge in [-0.15, -0.1) is 11.3 Å². The normalized spacial score (nSPS) is 16.7. The smallest absolute Gasteiger partial charge is 0.195 e. The molecule has 8 heteroatoms. The molecule has 0 radical (unpaired) electrons. The van der Waals surface area contributed by atoms with Gasteiger partial charge in [-0.25, -0.2) is 13.7 Å². The van der Waals surface area contributed by atoms with E-state index >= 15 is 0 Å². The van der Waals surface area contributed by atoms with Crippen molar-refractivity contribution >= 4 is 29.5 Å². The SMILES string of the molecule is CC(C)(O)c1sc(S(N)(=O)=N[Si](C)(C)C(C)(C)C)cc1F. The van der Waals surface area contributed by atoms with Gasteiger partial charge < -0.3 is 5.11 Å². The predicted octanol–water partition coefficient (Wildman–Crippen LogP) is 3.82. The Bertz CT molecular complexity index is 648. The number of hydrogen-bond acceptors (Lipinski definition) is 4. The maximum atomic E-state index is 13.9. The van der Waals surface area contributed by atoms with Crippen molar-refractivity contribution in [3.8, 4) is 0 Å². The topological polar surface area (TPSA) is 75.7 Å². The minimum Gasteiger partial charge on any atom is -0.385 e. The Labute approximate surface area is 132 Å². The molecule has 0 spiro atoms. The minimum atomic E-state index is -3.16. The number of halogens is 1. The maximum absolute atomic E-state index is 13.9. The molecule has 0 saturated carbocycles. The van der Waals surface area contributed by atoms with Gasteiger partial charge in [0.05, 0.1) is 10.5 Å². The second-order valence-corrected chi connectivity index (χ2v) is 15.5. The molecule has 0 amide bonds. The lowest BCUT2D eigenvalue weighted by atomic mass is 10.1. The van der Waals surface area contributed by atoms with E-state index in [0.717, 1.165) is 17.4 Å². The number of rotatable bonds is 3. The number of aliphatic hydroxyl groups is 1. The lowest BCUT2D eigenvalue weighted by molar-refractivity contribution is 0.0789. The minimum absolute atomic E-state index is 0.107. The van der Waals surface area contributed by atoms with Crippen molar-refractivity contribution in [1.29, 1.82) is 0 Å². The first-order valence-corrected chi connectivity index (χ1v) is 12.0. The van der Waals surface area contributed by atoms with E-state index in [4.69, 9.17) is 5.14 Å². The van der Waals surface area contributed by atoms with E-state index in [1.165, 1.54) is 13.8 Å². The highest BCUT2D eigenvalue weighted by Crippen LogP contribution is 2.39. The molecule has 0 fully saturated rings. The first kappa shape index (κ1) is 18.8. The van der Waals surface area contributed by atoms with E-state index in [9.17, 15) is 13.7 Å². The fraction of sp³-hybridized carbons (Fsp3) is 0.692. The summed E-state index contributed by atoms with van der Waals surface area (Å²) in [5, 5.41) is 15.7. The summed E-state index contributed by atoms with van der Waals surface area (Å²) < 4.78 is 31.3. The van der Waals surface area contributed by atoms with E-state index in [-0.39, 0.29) is 14.1 Å². The third kappa shape index (κ3) is 4.13. The summed E-state index contributed by atoms with van der Waals surface area (Å²) in [4.78, 5) is 0.126. The van der Waals surface area contributed by atoms with Crippen LogP contribution in [-0.2, 0) is 15.5 Å². The predicted molar refractivity (Wildman–Crippen MR) is 89.7 cm³/mol. The lowest BCUT2D eigenvalue weighted by Crippen LogP contribution is -2.37. The van der Waals surface area contributed by atoms with Crippen molar-refractivity contribution in [3.63, 3.8) is 0 Å². The van der Waals surface area contributed by atoms with E-state index in [2.05, 4.69) is 4.03 Å². The zero-order valence-electron chi connectivity index (χ0n) is 13.7. The molecular formula is C13H25FN2O2S2Si. The third-order valence-electron chi connectivity index (χ3n) is 3.71. The Morgan fingerprint density at radius 1 is 1.33 bits per heavy atom. The second kappa shape index (κ2) is 5.41. The molecule has 0 aliphatic rings. The Balaban J connectivity index is 3.43. The average molecular weight is 353 g/mol. The van der Waals surface area contributed by atoms with Crippen LogP contribution in [0.15, 0.2) is 14.3 Å². The highest BCUT2D eigenvalue weighted by molar-refractivity contribution is 7.94. The van der Waals surface area contributed by atoms with Crippen LogP contribution in [0.25, 0.3) is 0 Å². The fourth-order valence-corrected chi connectivity index (χ4v) is 7.70. The van der Waals surface area contributed by atoms with Crippen LogP contribution in [0, 0.1) is 5.82 Å². The molecule has 3 N–H and O–H groups in total. The summed E-state index contributed by atoms with van der Waals surface area (Å²) in [5.41, 5.74) is -1.33. The highest BCUT2D eigenvalue weighted by Gasteiger charge is 2.38. The molecule has 0 aliphatic carbocycles. The maximum Gasteiger partial charge on any atom is 0.195 e. The van der Waals surface area contributed by atoms with Gasteiger partial charge in [0.1, 0.15) is 19.9 Å². The van der Waals surface area contributed by atoms with Crippen LogP contribution in [0.1, 0.15) is 39.5 Å². The molecule has 0 aliphatic heterocycles. The van der Waals surface area contributed by atoms with Gasteiger partial charge in [0.25, 0.3) is 0 Å². The number of nitrogens with two attached hydrogens (primary N) is 1. The fourth-order valence-electron chi connectivity index (χ4n) is 1.43. The van der Waals surface area contributed by atoms with Crippen LogP contribution in [0.5, 0.6) is 0 Å². The van der Waals surface area contributed by atoms with Crippen LogP contribution in [-0.4, -0.2) is 17.6 Å². The third-order valence-corrected chi connectivity index (χ3v) is 13.2. The van der Waals surface area contributed by atoms with E-state index in [1.807, 2.05) is 33.9 Å². The summed E-state index contributed by atoms with van der Waals surface area (Å²) in [6.07, 6.45) is 0. The molecule has 122 valence electrons. The van der Waals surface area contributed by atoms with Gasteiger partial charge in [-0.2, -0.15) is 0 Å². The summed E-state index contributed by atoms with van der Waals surface area (Å²) >= 11 is 0.928. The van der Waals surface area contributed by atoms with Crippen molar-refractivity contribution in [2.45, 2.75) is 62.6 Å². The average Bonchev–Trinajstić information content (AvgIpc) is 2.56. The van der Waals surface area contributed by atoms with Gasteiger partial charge in [-0.05, 0) is 32.0 Å². The molecule has 1 aromatic rings. The van der Waals surface area contributed by atoms with Crippen molar-refractivity contribution in [1.82, 2.24) is 0 Å². The van der Waals surface area contributed by atoms with E-state index in [0.29, 0.717) is 0 Å². The molecule has 1 heterocycles. The Morgan fingerprint density at radius 2 is 1.81 bits per heavy atom. The van der Waals surface area contributed by atoms with E-state index in [1.54, 1.807) is 0 Å². The number of thiophene rings is 1. The standard InChI is InChI=1S/C13H25FN2O2S2Si/c1-12(2,3)21(6,7)16-20(15,18)10-8-9(14)11(19-10)13(4,5)17/h8,17H,1-7H3,(H2,15,16,18). The van der Waals surface area contributed by atoms with Crippen molar-refractivity contribution in [2.75, 3.05) is 0 Å². The first-order valence-electron chi connectivity index (χ1n) is 6.66. The quantitative estimate of drug-likeness (QED) is 0.811. The first-order chi connectivity index (χ1) is 9.08. The molecule has 0 saturated heterocycles. The molecule has 1 aromatic heterocycles. The molecular weight excluding hydrogens is 327 g/mol. The molecule has 1 rings (SSSR count). The van der Waals surface area contributed by atoms with Crippen LogP contribution in [0.3, 0.4) is 0 Å². The van der Waals surface area contributed by atoms with Crippen LogP contribution < -0.4 is 5.14 Å². The Morgan fingerprint density at radius 3 is 2.14 bits per heavy atom. The number of hydrogen-bond donors (Lipinski definition) is 2. The zero-order valence-corrected chi connectivity index (χ0v) is 16.3. The van der Waals surface area contributed by atoms with Crippen molar-refractivity contribution < 1.29 is 13.7 Å². The summed E-state index contributed by atoms with van der Waals surface area (Å²) in [6, 6.07) is 1.14. The monoisotopic (exact) mass is 352 g/mol. The number of nitrogens with zero attached hydrogens (tertiary/aromatic N) is 1. The van der Waals surface area contributed by atoms with Crippen molar-refractivity contribution in [3.05, 3.63) is 16.8 Å². The van der Waals surface area contributed by atoms with Gasteiger partial charge in [-0.3, -0.25) is 4.03 Å². The lowest BCUT2D eigenvalue weighted by Gasteiger charge is -2.32. The van der Waals surface area contributed by atoms with Gasteiger partial charge in [0, 0.05) is 6.07 Å². The Hall–Kier alpha value is -0.283. The Kier molecular flexibility index (Phi) is 4.84. The molecule has 0 aromatic carbocycles. The summed E-state index contributed by atoms with van der Waals surface area (Å²) in [6.45, 7) is 13.0. The summed E-state index contributed by atoms with van der Waals surface area (Å²) in [5.74, 6) is -0.592. The largest absolute Gasteiger partial charge is 0.385 e. The zero-order chi connectivity index (χ0) is 16.9. The van der Waals surface area contributed by atoms with Gasteiger partial charge in [0.2, 0.25) is 0 Å². The molecule has 21 heavy (non-hydrogen) atoms.